The minimum atomic E-state index is -0.716. The molecule has 18 heteroatoms. The fourth-order valence-electron chi connectivity index (χ4n) is 5.04. The van der Waals surface area contributed by atoms with Gasteiger partial charge in [-0.05, 0) is 61.9 Å². The van der Waals surface area contributed by atoms with Gasteiger partial charge in [0.25, 0.3) is 11.9 Å². The molecule has 1 aromatic heterocycles. The van der Waals surface area contributed by atoms with E-state index in [1.807, 2.05) is 19.1 Å². The molecule has 0 aliphatic carbocycles. The summed E-state index contributed by atoms with van der Waals surface area (Å²) in [5.74, 6) is -0.366. The molecule has 0 aliphatic rings. The third-order valence-corrected chi connectivity index (χ3v) is 8.52. The summed E-state index contributed by atoms with van der Waals surface area (Å²) in [6, 6.07) is 10.7. The Hall–Kier alpha value is -2.86. The van der Waals surface area contributed by atoms with Crippen LogP contribution in [0.2, 0.25) is 5.02 Å². The van der Waals surface area contributed by atoms with Gasteiger partial charge in [0.05, 0.1) is 52.1 Å². The standard InChI is InChI=1S/C35H46ClN5O8S2.O.Tc/c1-4-49-35(45)30(22-51)38-12-11-37-29(21-50)33(43)40-14-16-48-18-17-47-15-13-39-32(42)20-27-23(2)41(31-10-9-26(46-3)19-28(27)31)34(44)24-5-7-25(36)8-6-24;;/h5-10,19,29-30,50-51H,4,11-18,20-22H2,1-3H3,(H,39,42)(H,40,43);;/q-2;;+4/p-2/t29-,30-;;/m1../s1. The monoisotopic (exact) mass is 874 g/mol. The Morgan fingerprint density at radius 2 is 1.49 bits per heavy atom. The molecule has 0 unspecified atom stereocenters. The third-order valence-electron chi connectivity index (χ3n) is 7.64. The number of rotatable bonds is 23. The molecule has 0 saturated carbocycles. The zero-order valence-electron chi connectivity index (χ0n) is 29.8. The second-order valence-corrected chi connectivity index (χ2v) is 12.2. The molecule has 14 nitrogen and oxygen atoms in total. The van der Waals surface area contributed by atoms with Crippen molar-refractivity contribution < 1.29 is 60.5 Å². The van der Waals surface area contributed by atoms with Crippen LogP contribution in [0.1, 0.15) is 28.5 Å². The molecule has 0 radical (unpaired) electrons. The van der Waals surface area contributed by atoms with E-state index in [9.17, 15) is 19.2 Å². The second kappa shape index (κ2) is 26.0. The minimum absolute atomic E-state index is 0.0607. The van der Waals surface area contributed by atoms with Gasteiger partial charge in [-0.2, -0.15) is 24.6 Å². The van der Waals surface area contributed by atoms with E-state index in [4.69, 9.17) is 59.3 Å². The molecule has 289 valence electrons. The number of ether oxygens (including phenoxy) is 4. The van der Waals surface area contributed by atoms with Crippen molar-refractivity contribution in [3.05, 3.63) is 74.9 Å². The summed E-state index contributed by atoms with van der Waals surface area (Å²) in [6.45, 7) is 5.96. The first-order valence-electron chi connectivity index (χ1n) is 16.6. The van der Waals surface area contributed by atoms with E-state index >= 15 is 0 Å². The van der Waals surface area contributed by atoms with E-state index in [1.54, 1.807) is 48.9 Å². The zero-order valence-corrected chi connectivity index (χ0v) is 34.0. The van der Waals surface area contributed by atoms with Crippen molar-refractivity contribution in [3.63, 3.8) is 0 Å². The molecule has 2 atom stereocenters. The van der Waals surface area contributed by atoms with Gasteiger partial charge < -0.3 is 65.5 Å². The molecule has 2 aromatic carbocycles. The molecular formula is C35H44ClN5O9S2Tc. The van der Waals surface area contributed by atoms with Gasteiger partial charge in [-0.25, -0.2) is 0 Å². The number of benzene rings is 2. The summed E-state index contributed by atoms with van der Waals surface area (Å²) in [4.78, 5) is 50.6. The third kappa shape index (κ3) is 15.1. The molecule has 53 heavy (non-hydrogen) atoms. The van der Waals surface area contributed by atoms with Crippen LogP contribution in [0.3, 0.4) is 0 Å². The van der Waals surface area contributed by atoms with Crippen LogP contribution in [0.25, 0.3) is 21.5 Å². The maximum absolute atomic E-state index is 13.5. The SMILES string of the molecule is CCOC(=O)[C@@H](C[S-])[N-]CC[N-][C@H](C[S-])C(=O)NCCOCCOCCNC(=O)Cc1c(C)n(C(=O)c2ccc(Cl)cc2)c2ccc(OC)cc12.[O]=[Tc+4]. The first-order valence-corrected chi connectivity index (χ1v) is 18.9. The number of amides is 2. The quantitative estimate of drug-likeness (QED) is 0.0813. The molecule has 0 bridgehead atoms. The van der Waals surface area contributed by atoms with Crippen molar-refractivity contribution in [3.8, 4) is 5.75 Å². The summed E-state index contributed by atoms with van der Waals surface area (Å²) in [5, 5.41) is 15.4. The Morgan fingerprint density at radius 3 is 2.08 bits per heavy atom. The molecule has 0 spiro atoms. The van der Waals surface area contributed by atoms with Gasteiger partial charge in [0, 0.05) is 34.8 Å². The van der Waals surface area contributed by atoms with Crippen LogP contribution in [0.5, 0.6) is 5.75 Å². The molecule has 2 N–H and O–H groups in total. The fourth-order valence-corrected chi connectivity index (χ4v) is 5.66. The van der Waals surface area contributed by atoms with Crippen molar-refractivity contribution in [2.45, 2.75) is 32.4 Å². The van der Waals surface area contributed by atoms with Gasteiger partial charge in [0.15, 0.2) is 0 Å². The first-order chi connectivity index (χ1) is 25.6. The Balaban J connectivity index is 0.00000477. The Bertz CT molecular complexity index is 1620. The number of esters is 1. The summed E-state index contributed by atoms with van der Waals surface area (Å²) >= 11 is 16.9. The van der Waals surface area contributed by atoms with E-state index in [2.05, 4.69) is 21.3 Å². The number of methoxy groups -OCH3 is 1. The van der Waals surface area contributed by atoms with E-state index in [1.165, 1.54) is 0 Å². The van der Waals surface area contributed by atoms with Crippen molar-refractivity contribution in [2.24, 2.45) is 0 Å². The molecule has 0 fully saturated rings. The Labute approximate surface area is 336 Å². The van der Waals surface area contributed by atoms with E-state index in [-0.39, 0.29) is 81.6 Å². The average molecular weight is 876 g/mol. The maximum atomic E-state index is 13.5. The number of hydrogen-bond acceptors (Lipinski definition) is 11. The van der Waals surface area contributed by atoms with Gasteiger partial charge in [0.2, 0.25) is 11.8 Å². The number of nitrogens with one attached hydrogen (secondary N) is 2. The molecule has 1 heterocycles. The van der Waals surface area contributed by atoms with Gasteiger partial charge in [0.1, 0.15) is 5.75 Å². The van der Waals surface area contributed by atoms with Crippen molar-refractivity contribution >= 4 is 71.5 Å². The predicted molar refractivity (Wildman–Crippen MR) is 202 cm³/mol. The second-order valence-electron chi connectivity index (χ2n) is 11.1. The first kappa shape index (κ1) is 46.3. The van der Waals surface area contributed by atoms with E-state index in [0.717, 1.165) is 29.8 Å². The predicted octanol–water partition coefficient (Wildman–Crippen LogP) is 3.13. The molecule has 2 amide bonds. The molecule has 3 aromatic rings. The van der Waals surface area contributed by atoms with Crippen LogP contribution in [-0.2, 0) is 82.6 Å². The molecule has 3 rings (SSSR count). The average Bonchev–Trinajstić information content (AvgIpc) is 3.43. The van der Waals surface area contributed by atoms with Crippen LogP contribution in [0.15, 0.2) is 42.5 Å². The number of hydrogen-bond donors (Lipinski definition) is 2. The van der Waals surface area contributed by atoms with E-state index < -0.39 is 18.1 Å². The van der Waals surface area contributed by atoms with Gasteiger partial charge in [-0.3, -0.25) is 23.7 Å². The molecule has 0 aliphatic heterocycles. The number of fused-ring (bicyclic) bond motifs is 1. The molecular weight excluding hydrogens is 832 g/mol. The number of aromatic nitrogens is 1. The summed E-state index contributed by atoms with van der Waals surface area (Å²) in [7, 11) is 1.56. The van der Waals surface area contributed by atoms with Crippen LogP contribution in [-0.4, -0.2) is 118 Å². The summed E-state index contributed by atoms with van der Waals surface area (Å²) in [6.07, 6.45) is 0.0607. The number of carbonyl (C=O) groups is 4. The van der Waals surface area contributed by atoms with Crippen molar-refractivity contribution in [1.82, 2.24) is 15.2 Å². The van der Waals surface area contributed by atoms with Crippen molar-refractivity contribution in [1.29, 1.82) is 0 Å². The van der Waals surface area contributed by atoms with Crippen molar-refractivity contribution in [2.75, 3.05) is 77.8 Å². The number of carbonyl (C=O) groups excluding carboxylic acids is 4. The van der Waals surface area contributed by atoms with Gasteiger partial charge in [-0.15, -0.1) is 0 Å². The fraction of sp³-hybridized carbons (Fsp3) is 0.486. The van der Waals surface area contributed by atoms with Crippen LogP contribution < -0.4 is 15.4 Å². The van der Waals surface area contributed by atoms with Crippen LogP contribution in [0, 0.1) is 6.92 Å². The summed E-state index contributed by atoms with van der Waals surface area (Å²) < 4.78 is 31.3. The Morgan fingerprint density at radius 1 is 0.887 bits per heavy atom. The zero-order chi connectivity index (χ0) is 39.2. The van der Waals surface area contributed by atoms with Crippen LogP contribution >= 0.6 is 11.6 Å². The Kier molecular flexibility index (Phi) is 22.7. The van der Waals surface area contributed by atoms with Gasteiger partial charge >= 0.3 is 22.4 Å². The van der Waals surface area contributed by atoms with Crippen LogP contribution in [0.4, 0.5) is 0 Å². The van der Waals surface area contributed by atoms with Gasteiger partial charge in [-0.1, -0.05) is 23.7 Å². The number of nitrogens with zero attached hydrogens (tertiary/aromatic N) is 3. The normalized spacial score (nSPS) is 12.0. The summed E-state index contributed by atoms with van der Waals surface area (Å²) in [5.41, 5.74) is 2.53. The number of halogens is 1. The molecule has 0 saturated heterocycles. The topological polar surface area (TPSA) is 179 Å². The van der Waals surface area contributed by atoms with E-state index in [0.29, 0.717) is 40.8 Å².